The van der Waals surface area contributed by atoms with E-state index in [2.05, 4.69) is 5.32 Å². The first-order chi connectivity index (χ1) is 18.0. The van der Waals surface area contributed by atoms with Crippen LogP contribution in [0.1, 0.15) is 58.9 Å². The fourth-order valence-electron chi connectivity index (χ4n) is 4.42. The van der Waals surface area contributed by atoms with E-state index < -0.39 is 23.6 Å². The van der Waals surface area contributed by atoms with Crippen LogP contribution in [0.5, 0.6) is 0 Å². The van der Waals surface area contributed by atoms with Gasteiger partial charge in [-0.1, -0.05) is 48.7 Å². The van der Waals surface area contributed by atoms with E-state index in [1.165, 1.54) is 0 Å². The van der Waals surface area contributed by atoms with Gasteiger partial charge in [-0.15, -0.1) is 0 Å². The predicted octanol–water partition coefficient (Wildman–Crippen LogP) is 6.95. The van der Waals surface area contributed by atoms with Crippen LogP contribution < -0.4 is 10.9 Å². The number of hydrogen-bond donors (Lipinski definition) is 1. The van der Waals surface area contributed by atoms with E-state index in [1.807, 2.05) is 19.1 Å². The Kier molecular flexibility index (Phi) is 9.85. The molecule has 1 heterocycles. The minimum absolute atomic E-state index is 0.143. The molecule has 0 spiro atoms. The summed E-state index contributed by atoms with van der Waals surface area (Å²) in [4.78, 5) is 39.6. The Labute approximate surface area is 233 Å². The molecule has 0 radical (unpaired) electrons. The minimum Gasteiger partial charge on any atom is -0.466 e. The van der Waals surface area contributed by atoms with E-state index in [0.717, 1.165) is 5.56 Å². The van der Waals surface area contributed by atoms with Gasteiger partial charge in [0.15, 0.2) is 0 Å². The Balaban J connectivity index is 2.26. The predicted molar refractivity (Wildman–Crippen MR) is 152 cm³/mol. The molecule has 1 unspecified atom stereocenters. The number of benzene rings is 2. The molecule has 0 saturated carbocycles. The van der Waals surface area contributed by atoms with Gasteiger partial charge in [-0.3, -0.25) is 9.59 Å². The normalized spacial score (nSPS) is 12.3. The van der Waals surface area contributed by atoms with Crippen molar-refractivity contribution in [3.05, 3.63) is 68.4 Å². The average molecular weight is 562 g/mol. The maximum Gasteiger partial charge on any atom is 0.407 e. The quantitative estimate of drug-likeness (QED) is 0.286. The number of fused-ring (bicyclic) bond motifs is 1. The number of alkyl carbamates (subject to hydrolysis) is 1. The number of amides is 1. The molecule has 1 atom stereocenters. The standard InChI is InChI=1S/C29H34Cl2N2O5/c1-6-8-21(27(35)37-7-2)25-24(18-9-11-19(30)12-10-18)22-17-20(31)13-14-23(22)33(26(25)34)16-15-32-28(36)38-29(3,4)5/h9-14,17,21H,6-8,15-16H2,1-5H3,(H,32,36). The molecule has 0 bridgehead atoms. The number of pyridine rings is 1. The molecule has 1 N–H and O–H groups in total. The van der Waals surface area contributed by atoms with Crippen LogP contribution in [-0.4, -0.2) is 35.4 Å². The molecular weight excluding hydrogens is 527 g/mol. The van der Waals surface area contributed by atoms with Gasteiger partial charge in [0.2, 0.25) is 0 Å². The molecule has 9 heteroatoms. The molecule has 0 aliphatic heterocycles. The smallest absolute Gasteiger partial charge is 0.407 e. The largest absolute Gasteiger partial charge is 0.466 e. The van der Waals surface area contributed by atoms with Gasteiger partial charge < -0.3 is 19.4 Å². The van der Waals surface area contributed by atoms with Gasteiger partial charge in [-0.05, 0) is 70.0 Å². The van der Waals surface area contributed by atoms with Crippen molar-refractivity contribution in [3.8, 4) is 11.1 Å². The number of halogens is 2. The second-order valence-electron chi connectivity index (χ2n) is 9.94. The van der Waals surface area contributed by atoms with Crippen LogP contribution in [0, 0.1) is 0 Å². The average Bonchev–Trinajstić information content (AvgIpc) is 2.83. The zero-order valence-electron chi connectivity index (χ0n) is 22.4. The highest BCUT2D eigenvalue weighted by molar-refractivity contribution is 6.31. The van der Waals surface area contributed by atoms with Crippen molar-refractivity contribution in [2.45, 2.75) is 65.5 Å². The molecule has 0 aliphatic carbocycles. The van der Waals surface area contributed by atoms with Crippen LogP contribution in [-0.2, 0) is 20.8 Å². The Bertz CT molecular complexity index is 1360. The summed E-state index contributed by atoms with van der Waals surface area (Å²) in [6, 6.07) is 12.4. The third-order valence-corrected chi connectivity index (χ3v) is 6.38. The zero-order chi connectivity index (χ0) is 28.0. The van der Waals surface area contributed by atoms with Gasteiger partial charge in [0.1, 0.15) is 5.60 Å². The summed E-state index contributed by atoms with van der Waals surface area (Å²) >= 11 is 12.6. The number of hydrogen-bond acceptors (Lipinski definition) is 5. The second kappa shape index (κ2) is 12.7. The van der Waals surface area contributed by atoms with Crippen molar-refractivity contribution in [1.82, 2.24) is 9.88 Å². The van der Waals surface area contributed by atoms with Crippen LogP contribution in [0.15, 0.2) is 47.3 Å². The third-order valence-electron chi connectivity index (χ3n) is 5.90. The summed E-state index contributed by atoms with van der Waals surface area (Å²) in [5.41, 5.74) is 1.33. The molecule has 7 nitrogen and oxygen atoms in total. The highest BCUT2D eigenvalue weighted by atomic mass is 35.5. The number of ether oxygens (including phenoxy) is 2. The Morgan fingerprint density at radius 1 is 1.03 bits per heavy atom. The number of nitrogens with zero attached hydrogens (tertiary/aromatic N) is 1. The Morgan fingerprint density at radius 2 is 1.68 bits per heavy atom. The van der Waals surface area contributed by atoms with E-state index in [9.17, 15) is 14.4 Å². The summed E-state index contributed by atoms with van der Waals surface area (Å²) in [5, 5.41) is 4.45. The summed E-state index contributed by atoms with van der Waals surface area (Å²) in [7, 11) is 0. The fourth-order valence-corrected chi connectivity index (χ4v) is 4.72. The lowest BCUT2D eigenvalue weighted by atomic mass is 9.86. The van der Waals surface area contributed by atoms with Crippen LogP contribution in [0.3, 0.4) is 0 Å². The van der Waals surface area contributed by atoms with Crippen molar-refractivity contribution < 1.29 is 19.1 Å². The lowest BCUT2D eigenvalue weighted by Gasteiger charge is -2.23. The third kappa shape index (κ3) is 7.08. The summed E-state index contributed by atoms with van der Waals surface area (Å²) in [5.74, 6) is -1.24. The molecule has 0 aliphatic rings. The number of carbonyl (C=O) groups excluding carboxylic acids is 2. The van der Waals surface area contributed by atoms with Gasteiger partial charge in [-0.2, -0.15) is 0 Å². The Morgan fingerprint density at radius 3 is 2.29 bits per heavy atom. The molecule has 3 aromatic rings. The van der Waals surface area contributed by atoms with Crippen molar-refractivity contribution in [2.75, 3.05) is 13.2 Å². The topological polar surface area (TPSA) is 86.6 Å². The van der Waals surface area contributed by atoms with Gasteiger partial charge in [0.25, 0.3) is 5.56 Å². The van der Waals surface area contributed by atoms with Crippen molar-refractivity contribution in [1.29, 1.82) is 0 Å². The van der Waals surface area contributed by atoms with Crippen molar-refractivity contribution in [3.63, 3.8) is 0 Å². The summed E-state index contributed by atoms with van der Waals surface area (Å²) < 4.78 is 12.3. The number of rotatable bonds is 9. The maximum atomic E-state index is 14.2. The number of nitrogens with one attached hydrogen (secondary N) is 1. The highest BCUT2D eigenvalue weighted by Gasteiger charge is 2.30. The first-order valence-electron chi connectivity index (χ1n) is 12.7. The van der Waals surface area contributed by atoms with Crippen LogP contribution >= 0.6 is 23.2 Å². The molecule has 1 amide bonds. The monoisotopic (exact) mass is 560 g/mol. The molecule has 3 rings (SSSR count). The minimum atomic E-state index is -0.786. The molecule has 0 saturated heterocycles. The van der Waals surface area contributed by atoms with Gasteiger partial charge in [-0.25, -0.2) is 4.79 Å². The van der Waals surface area contributed by atoms with Crippen LogP contribution in [0.25, 0.3) is 22.0 Å². The van der Waals surface area contributed by atoms with Crippen LogP contribution in [0.2, 0.25) is 10.0 Å². The maximum absolute atomic E-state index is 14.2. The van der Waals surface area contributed by atoms with E-state index in [1.54, 1.807) is 62.6 Å². The summed E-state index contributed by atoms with van der Waals surface area (Å²) in [6.07, 6.45) is 0.513. The van der Waals surface area contributed by atoms with Crippen LogP contribution in [0.4, 0.5) is 4.79 Å². The van der Waals surface area contributed by atoms with E-state index in [-0.39, 0.29) is 25.3 Å². The number of aromatic nitrogens is 1. The molecule has 2 aromatic carbocycles. The van der Waals surface area contributed by atoms with E-state index in [4.69, 9.17) is 32.7 Å². The Hall–Kier alpha value is -3.03. The number of esters is 1. The molecule has 204 valence electrons. The van der Waals surface area contributed by atoms with Crippen molar-refractivity contribution >= 4 is 46.2 Å². The van der Waals surface area contributed by atoms with Crippen molar-refractivity contribution in [2.24, 2.45) is 0 Å². The fraction of sp³-hybridized carbons (Fsp3) is 0.414. The highest BCUT2D eigenvalue weighted by Crippen LogP contribution is 2.37. The molecule has 38 heavy (non-hydrogen) atoms. The molecular formula is C29H34Cl2N2O5. The first-order valence-corrected chi connectivity index (χ1v) is 13.5. The second-order valence-corrected chi connectivity index (χ2v) is 10.8. The SMILES string of the molecule is CCCC(C(=O)OCC)c1c(-c2ccc(Cl)cc2)c2cc(Cl)ccc2n(CCNC(=O)OC(C)(C)C)c1=O. The zero-order valence-corrected chi connectivity index (χ0v) is 23.9. The lowest BCUT2D eigenvalue weighted by molar-refractivity contribution is -0.145. The molecule has 1 aromatic heterocycles. The van der Waals surface area contributed by atoms with E-state index in [0.29, 0.717) is 44.9 Å². The van der Waals surface area contributed by atoms with Gasteiger partial charge in [0, 0.05) is 39.6 Å². The summed E-state index contributed by atoms with van der Waals surface area (Å²) in [6.45, 7) is 9.52. The van der Waals surface area contributed by atoms with Gasteiger partial charge >= 0.3 is 12.1 Å². The van der Waals surface area contributed by atoms with Gasteiger partial charge in [0.05, 0.1) is 18.0 Å². The van der Waals surface area contributed by atoms with E-state index >= 15 is 0 Å². The first kappa shape index (κ1) is 29.5. The lowest BCUT2D eigenvalue weighted by Crippen LogP contribution is -2.37. The number of carbonyl (C=O) groups is 2. The molecule has 0 fully saturated rings.